The summed E-state index contributed by atoms with van der Waals surface area (Å²) in [6.45, 7) is 1.14. The van der Waals surface area contributed by atoms with Crippen molar-refractivity contribution in [1.29, 1.82) is 0 Å². The average molecular weight is 402 g/mol. The van der Waals surface area contributed by atoms with E-state index in [4.69, 9.17) is 5.73 Å². The number of benzene rings is 2. The topological polar surface area (TPSA) is 97.1 Å². The van der Waals surface area contributed by atoms with Crippen LogP contribution in [0.1, 0.15) is 31.8 Å². The molecule has 3 heterocycles. The van der Waals surface area contributed by atoms with Gasteiger partial charge in [-0.15, -0.1) is 0 Å². The van der Waals surface area contributed by atoms with Gasteiger partial charge in [0.05, 0.1) is 0 Å². The number of carbonyl (C=O) groups excluding carboxylic acids is 2. The zero-order valence-electron chi connectivity index (χ0n) is 16.1. The molecule has 6 nitrogen and oxygen atoms in total. The standard InChI is InChI=1S/C23H19FN4O2/c24-20-18(12-1-3-16-14(9-12)5-7-26-22(16)29)11-19(21(25)28-20)13-2-4-17-15(10-13)6-8-27-23(17)30/h1-4,9-11H,5-8H2,(H2,25,28)(H,26,29)(H,27,30). The van der Waals surface area contributed by atoms with Crippen LogP contribution in [0.4, 0.5) is 10.2 Å². The molecule has 0 aliphatic carbocycles. The molecule has 0 fully saturated rings. The van der Waals surface area contributed by atoms with E-state index < -0.39 is 5.95 Å². The van der Waals surface area contributed by atoms with Crippen molar-refractivity contribution in [1.82, 2.24) is 15.6 Å². The largest absolute Gasteiger partial charge is 0.383 e. The quantitative estimate of drug-likeness (QED) is 0.574. The molecule has 2 aromatic carbocycles. The third-order valence-electron chi connectivity index (χ3n) is 5.69. The molecule has 30 heavy (non-hydrogen) atoms. The lowest BCUT2D eigenvalue weighted by Gasteiger charge is -2.19. The molecule has 2 aliphatic rings. The van der Waals surface area contributed by atoms with E-state index in [-0.39, 0.29) is 17.6 Å². The summed E-state index contributed by atoms with van der Waals surface area (Å²) in [5.41, 5.74) is 11.5. The number of carbonyl (C=O) groups is 2. The van der Waals surface area contributed by atoms with Gasteiger partial charge in [0.15, 0.2) is 0 Å². The maximum Gasteiger partial charge on any atom is 0.251 e. The number of fused-ring (bicyclic) bond motifs is 2. The lowest BCUT2D eigenvalue weighted by atomic mass is 9.92. The predicted octanol–water partition coefficient (Wildman–Crippen LogP) is 2.71. The van der Waals surface area contributed by atoms with E-state index in [0.717, 1.165) is 23.1 Å². The molecule has 0 radical (unpaired) electrons. The number of aromatic nitrogens is 1. The monoisotopic (exact) mass is 402 g/mol. The van der Waals surface area contributed by atoms with Gasteiger partial charge in [0.1, 0.15) is 5.82 Å². The summed E-state index contributed by atoms with van der Waals surface area (Å²) in [6, 6.07) is 12.4. The molecule has 0 spiro atoms. The Morgan fingerprint density at radius 1 is 0.767 bits per heavy atom. The third kappa shape index (κ3) is 2.99. The van der Waals surface area contributed by atoms with E-state index in [2.05, 4.69) is 15.6 Å². The number of nitrogens with one attached hydrogen (secondary N) is 2. The van der Waals surface area contributed by atoms with Crippen LogP contribution >= 0.6 is 0 Å². The molecule has 0 atom stereocenters. The first kappa shape index (κ1) is 18.3. The highest BCUT2D eigenvalue weighted by atomic mass is 19.1. The first-order chi connectivity index (χ1) is 14.5. The van der Waals surface area contributed by atoms with Gasteiger partial charge in [-0.25, -0.2) is 4.98 Å². The number of halogens is 1. The predicted molar refractivity (Wildman–Crippen MR) is 112 cm³/mol. The van der Waals surface area contributed by atoms with Crippen molar-refractivity contribution in [2.75, 3.05) is 18.8 Å². The van der Waals surface area contributed by atoms with Crippen molar-refractivity contribution >= 4 is 17.6 Å². The molecule has 7 heteroatoms. The Balaban J connectivity index is 1.60. The van der Waals surface area contributed by atoms with Gasteiger partial charge in [-0.2, -0.15) is 4.39 Å². The number of nitrogens with two attached hydrogens (primary N) is 1. The molecular formula is C23H19FN4O2. The van der Waals surface area contributed by atoms with E-state index in [1.807, 2.05) is 12.1 Å². The average Bonchev–Trinajstić information content (AvgIpc) is 2.74. The molecule has 2 aliphatic heterocycles. The van der Waals surface area contributed by atoms with Gasteiger partial charge in [-0.1, -0.05) is 24.3 Å². The number of pyridine rings is 1. The lowest BCUT2D eigenvalue weighted by molar-refractivity contribution is 0.0937. The number of hydrogen-bond acceptors (Lipinski definition) is 4. The van der Waals surface area contributed by atoms with Crippen LogP contribution in [0.3, 0.4) is 0 Å². The highest BCUT2D eigenvalue weighted by Crippen LogP contribution is 2.34. The van der Waals surface area contributed by atoms with Crippen LogP contribution in [0.15, 0.2) is 42.5 Å². The summed E-state index contributed by atoms with van der Waals surface area (Å²) in [7, 11) is 0. The second kappa shape index (κ2) is 6.95. The van der Waals surface area contributed by atoms with E-state index in [1.165, 1.54) is 0 Å². The van der Waals surface area contributed by atoms with Gasteiger partial charge < -0.3 is 16.4 Å². The summed E-state index contributed by atoms with van der Waals surface area (Å²) < 4.78 is 14.7. The van der Waals surface area contributed by atoms with Crippen LogP contribution in [0, 0.1) is 5.95 Å². The zero-order valence-corrected chi connectivity index (χ0v) is 16.1. The smallest absolute Gasteiger partial charge is 0.251 e. The molecule has 0 bridgehead atoms. The van der Waals surface area contributed by atoms with Gasteiger partial charge in [0, 0.05) is 35.3 Å². The Hall–Kier alpha value is -3.74. The number of anilines is 1. The van der Waals surface area contributed by atoms with E-state index in [9.17, 15) is 14.0 Å². The van der Waals surface area contributed by atoms with Gasteiger partial charge in [-0.05, 0) is 53.3 Å². The molecule has 2 amide bonds. The molecule has 4 N–H and O–H groups in total. The first-order valence-corrected chi connectivity index (χ1v) is 9.80. The van der Waals surface area contributed by atoms with Gasteiger partial charge in [-0.3, -0.25) is 9.59 Å². The second-order valence-corrected chi connectivity index (χ2v) is 7.52. The van der Waals surface area contributed by atoms with Crippen molar-refractivity contribution in [2.24, 2.45) is 0 Å². The van der Waals surface area contributed by atoms with E-state index in [1.54, 1.807) is 30.3 Å². The molecule has 0 saturated carbocycles. The fourth-order valence-corrected chi connectivity index (χ4v) is 4.13. The minimum Gasteiger partial charge on any atom is -0.383 e. The zero-order chi connectivity index (χ0) is 20.8. The highest BCUT2D eigenvalue weighted by molar-refractivity contribution is 5.98. The molecule has 0 unspecified atom stereocenters. The Bertz CT molecular complexity index is 1130. The number of rotatable bonds is 2. The Labute approximate surface area is 172 Å². The van der Waals surface area contributed by atoms with Crippen LogP contribution < -0.4 is 16.4 Å². The van der Waals surface area contributed by atoms with Crippen LogP contribution in [0.5, 0.6) is 0 Å². The van der Waals surface area contributed by atoms with Crippen LogP contribution in [0.2, 0.25) is 0 Å². The first-order valence-electron chi connectivity index (χ1n) is 9.80. The molecule has 3 aromatic rings. The van der Waals surface area contributed by atoms with Gasteiger partial charge in [0.25, 0.3) is 11.8 Å². The number of amides is 2. The highest BCUT2D eigenvalue weighted by Gasteiger charge is 2.21. The Morgan fingerprint density at radius 2 is 1.30 bits per heavy atom. The van der Waals surface area contributed by atoms with Crippen LogP contribution in [0.25, 0.3) is 22.3 Å². The molecule has 5 rings (SSSR count). The number of nitrogen functional groups attached to an aromatic ring is 1. The summed E-state index contributed by atoms with van der Waals surface area (Å²) in [6.07, 6.45) is 1.42. The summed E-state index contributed by atoms with van der Waals surface area (Å²) in [5, 5.41) is 5.63. The number of hydrogen-bond donors (Lipinski definition) is 3. The van der Waals surface area contributed by atoms with Crippen LogP contribution in [-0.2, 0) is 12.8 Å². The van der Waals surface area contributed by atoms with Crippen molar-refractivity contribution in [3.8, 4) is 22.3 Å². The molecule has 0 saturated heterocycles. The Morgan fingerprint density at radius 3 is 1.87 bits per heavy atom. The van der Waals surface area contributed by atoms with E-state index >= 15 is 0 Å². The summed E-state index contributed by atoms with van der Waals surface area (Å²) in [4.78, 5) is 27.9. The molecule has 150 valence electrons. The van der Waals surface area contributed by atoms with Crippen molar-refractivity contribution < 1.29 is 14.0 Å². The van der Waals surface area contributed by atoms with Crippen LogP contribution in [-0.4, -0.2) is 29.9 Å². The lowest BCUT2D eigenvalue weighted by Crippen LogP contribution is -2.31. The van der Waals surface area contributed by atoms with E-state index in [0.29, 0.717) is 47.3 Å². The minimum absolute atomic E-state index is 0.0909. The summed E-state index contributed by atoms with van der Waals surface area (Å²) in [5.74, 6) is -0.771. The fourth-order valence-electron chi connectivity index (χ4n) is 4.13. The number of nitrogens with zero attached hydrogens (tertiary/aromatic N) is 1. The van der Waals surface area contributed by atoms with Gasteiger partial charge in [0.2, 0.25) is 5.95 Å². The van der Waals surface area contributed by atoms with Gasteiger partial charge >= 0.3 is 0 Å². The molecular weight excluding hydrogens is 383 g/mol. The SMILES string of the molecule is Nc1nc(F)c(-c2ccc3c(c2)CCNC3=O)cc1-c1ccc2c(c1)CCNC2=O. The third-order valence-corrected chi connectivity index (χ3v) is 5.69. The minimum atomic E-state index is -0.659. The maximum absolute atomic E-state index is 14.7. The molecule has 1 aromatic heterocycles. The Kier molecular flexibility index (Phi) is 4.24. The van der Waals surface area contributed by atoms with Crippen molar-refractivity contribution in [2.45, 2.75) is 12.8 Å². The second-order valence-electron chi connectivity index (χ2n) is 7.52. The summed E-state index contributed by atoms with van der Waals surface area (Å²) >= 11 is 0. The fraction of sp³-hybridized carbons (Fsp3) is 0.174. The van der Waals surface area contributed by atoms with Crippen molar-refractivity contribution in [3.63, 3.8) is 0 Å². The normalized spacial score (nSPS) is 15.1. The van der Waals surface area contributed by atoms with Crippen molar-refractivity contribution in [3.05, 3.63) is 70.7 Å². The maximum atomic E-state index is 14.7.